The molecule has 2 aromatic rings. The topological polar surface area (TPSA) is 52.5 Å². The molecule has 0 amide bonds. The largest absolute Gasteiger partial charge is 0.394 e. The summed E-state index contributed by atoms with van der Waals surface area (Å²) in [6.45, 7) is 3.61. The predicted octanol–water partition coefficient (Wildman–Crippen LogP) is 4.15. The highest BCUT2D eigenvalue weighted by molar-refractivity contribution is 5.59. The summed E-state index contributed by atoms with van der Waals surface area (Å²) in [7, 11) is 0. The van der Waals surface area contributed by atoms with E-state index in [4.69, 9.17) is 5.11 Å². The molecular formula is C21H26FNO2. The summed E-state index contributed by atoms with van der Waals surface area (Å²) in [6.07, 6.45) is 0.481. The molecule has 134 valence electrons. The zero-order valence-electron chi connectivity index (χ0n) is 14.7. The third-order valence-corrected chi connectivity index (χ3v) is 5.41. The number of aryl methyl sites for hydroxylation is 1. The van der Waals surface area contributed by atoms with Crippen LogP contribution in [0, 0.1) is 18.7 Å². The minimum Gasteiger partial charge on any atom is -0.394 e. The predicted molar refractivity (Wildman–Crippen MR) is 98.2 cm³/mol. The van der Waals surface area contributed by atoms with Crippen molar-refractivity contribution in [2.75, 3.05) is 11.9 Å². The van der Waals surface area contributed by atoms with Crippen LogP contribution in [0.25, 0.3) is 0 Å². The van der Waals surface area contributed by atoms with Gasteiger partial charge in [0.15, 0.2) is 0 Å². The number of halogens is 1. The number of rotatable bonds is 5. The van der Waals surface area contributed by atoms with Gasteiger partial charge < -0.3 is 15.5 Å². The molecule has 1 aliphatic rings. The minimum atomic E-state index is -0.729. The van der Waals surface area contributed by atoms with Gasteiger partial charge in [0, 0.05) is 11.3 Å². The van der Waals surface area contributed by atoms with Gasteiger partial charge in [-0.2, -0.15) is 0 Å². The maximum atomic E-state index is 14.8. The van der Waals surface area contributed by atoms with Crippen molar-refractivity contribution in [1.82, 2.24) is 0 Å². The molecule has 1 aliphatic heterocycles. The average molecular weight is 343 g/mol. The van der Waals surface area contributed by atoms with Gasteiger partial charge in [-0.25, -0.2) is 4.39 Å². The van der Waals surface area contributed by atoms with Gasteiger partial charge in [0.05, 0.1) is 18.8 Å². The first-order valence-electron chi connectivity index (χ1n) is 8.92. The fourth-order valence-electron chi connectivity index (χ4n) is 3.93. The van der Waals surface area contributed by atoms with Crippen molar-refractivity contribution in [1.29, 1.82) is 0 Å². The fourth-order valence-corrected chi connectivity index (χ4v) is 3.93. The molecule has 4 atom stereocenters. The zero-order valence-corrected chi connectivity index (χ0v) is 14.7. The number of benzene rings is 2. The Kier molecular flexibility index (Phi) is 5.40. The van der Waals surface area contributed by atoms with Crippen LogP contribution in [-0.4, -0.2) is 22.9 Å². The summed E-state index contributed by atoms with van der Waals surface area (Å²) in [6, 6.07) is 14.0. The van der Waals surface area contributed by atoms with Crippen molar-refractivity contribution < 1.29 is 14.6 Å². The van der Waals surface area contributed by atoms with Gasteiger partial charge in [0.1, 0.15) is 5.82 Å². The standard InChI is InChI=1S/C21H26FNO2/c1-13-8-11-18-19(20(13)22)14(2)17(10-9-16(25)12-24)21(23-18)15-6-4-3-5-7-15/h3-8,11,14,16-17,21,23-25H,9-10,12H2,1-2H3/t14-,16+,17+,21-/m0/s1. The van der Waals surface area contributed by atoms with E-state index in [0.29, 0.717) is 18.4 Å². The molecule has 0 spiro atoms. The number of hydrogen-bond acceptors (Lipinski definition) is 3. The third-order valence-electron chi connectivity index (χ3n) is 5.41. The normalized spacial score (nSPS) is 23.6. The number of aliphatic hydroxyl groups excluding tert-OH is 2. The Labute approximate surface area is 148 Å². The molecule has 3 N–H and O–H groups in total. The Bertz CT molecular complexity index is 719. The number of aliphatic hydroxyl groups is 2. The summed E-state index contributed by atoms with van der Waals surface area (Å²) in [4.78, 5) is 0. The van der Waals surface area contributed by atoms with Crippen LogP contribution in [0.2, 0.25) is 0 Å². The van der Waals surface area contributed by atoms with E-state index in [-0.39, 0.29) is 30.3 Å². The Hall–Kier alpha value is -1.91. The van der Waals surface area contributed by atoms with E-state index in [1.807, 2.05) is 30.3 Å². The number of fused-ring (bicyclic) bond motifs is 1. The highest BCUT2D eigenvalue weighted by atomic mass is 19.1. The monoisotopic (exact) mass is 343 g/mol. The molecule has 0 fully saturated rings. The summed E-state index contributed by atoms with van der Waals surface area (Å²) in [5.41, 5.74) is 3.39. The van der Waals surface area contributed by atoms with Crippen LogP contribution < -0.4 is 5.32 Å². The van der Waals surface area contributed by atoms with Gasteiger partial charge in [-0.05, 0) is 48.8 Å². The van der Waals surface area contributed by atoms with E-state index in [2.05, 4.69) is 24.4 Å². The zero-order chi connectivity index (χ0) is 18.0. The molecule has 25 heavy (non-hydrogen) atoms. The van der Waals surface area contributed by atoms with E-state index >= 15 is 0 Å². The smallest absolute Gasteiger partial charge is 0.131 e. The van der Waals surface area contributed by atoms with Crippen molar-refractivity contribution >= 4 is 5.69 Å². The van der Waals surface area contributed by atoms with Crippen LogP contribution in [0.5, 0.6) is 0 Å². The first kappa shape index (κ1) is 17.9. The fraction of sp³-hybridized carbons (Fsp3) is 0.429. The van der Waals surface area contributed by atoms with Crippen LogP contribution >= 0.6 is 0 Å². The van der Waals surface area contributed by atoms with Gasteiger partial charge in [-0.1, -0.05) is 43.3 Å². The average Bonchev–Trinajstić information content (AvgIpc) is 2.64. The molecule has 2 aromatic carbocycles. The lowest BCUT2D eigenvalue weighted by molar-refractivity contribution is 0.0799. The summed E-state index contributed by atoms with van der Waals surface area (Å²) in [5, 5.41) is 22.4. The molecule has 0 saturated heterocycles. The molecule has 0 aromatic heterocycles. The number of anilines is 1. The maximum absolute atomic E-state index is 14.8. The lowest BCUT2D eigenvalue weighted by atomic mass is 9.73. The molecule has 0 radical (unpaired) electrons. The van der Waals surface area contributed by atoms with Gasteiger partial charge in [0.2, 0.25) is 0 Å². The quantitative estimate of drug-likeness (QED) is 0.764. The third kappa shape index (κ3) is 3.55. The van der Waals surface area contributed by atoms with Crippen molar-refractivity contribution in [3.63, 3.8) is 0 Å². The van der Waals surface area contributed by atoms with Crippen LogP contribution in [0.3, 0.4) is 0 Å². The summed E-state index contributed by atoms with van der Waals surface area (Å²) >= 11 is 0. The molecule has 0 aliphatic carbocycles. The van der Waals surface area contributed by atoms with E-state index < -0.39 is 6.10 Å². The first-order valence-corrected chi connectivity index (χ1v) is 8.92. The van der Waals surface area contributed by atoms with Crippen LogP contribution in [0.4, 0.5) is 10.1 Å². The molecular weight excluding hydrogens is 317 g/mol. The van der Waals surface area contributed by atoms with Crippen LogP contribution in [-0.2, 0) is 0 Å². The molecule has 0 unspecified atom stereocenters. The van der Waals surface area contributed by atoms with E-state index in [1.54, 1.807) is 6.92 Å². The van der Waals surface area contributed by atoms with E-state index in [0.717, 1.165) is 16.8 Å². The summed E-state index contributed by atoms with van der Waals surface area (Å²) in [5.74, 6) is 0.0105. The van der Waals surface area contributed by atoms with Crippen LogP contribution in [0.15, 0.2) is 42.5 Å². The SMILES string of the molecule is Cc1ccc2c(c1F)[C@@H](C)[C@@H](CC[C@@H](O)CO)[C@H](c1ccccc1)N2. The van der Waals surface area contributed by atoms with Crippen LogP contribution in [0.1, 0.15) is 48.4 Å². The second kappa shape index (κ2) is 7.54. The first-order chi connectivity index (χ1) is 12.0. The Balaban J connectivity index is 1.99. The minimum absolute atomic E-state index is 0.0206. The maximum Gasteiger partial charge on any atom is 0.131 e. The highest BCUT2D eigenvalue weighted by Crippen LogP contribution is 2.47. The Morgan fingerprint density at radius 2 is 1.88 bits per heavy atom. The van der Waals surface area contributed by atoms with Crippen molar-refractivity contribution in [3.8, 4) is 0 Å². The molecule has 4 heteroatoms. The van der Waals surface area contributed by atoms with Gasteiger partial charge in [-0.15, -0.1) is 0 Å². The highest BCUT2D eigenvalue weighted by Gasteiger charge is 2.36. The van der Waals surface area contributed by atoms with Crippen molar-refractivity contribution in [2.45, 2.75) is 44.8 Å². The molecule has 0 saturated carbocycles. The summed E-state index contributed by atoms with van der Waals surface area (Å²) < 4.78 is 14.8. The van der Waals surface area contributed by atoms with E-state index in [1.165, 1.54) is 0 Å². The Morgan fingerprint density at radius 3 is 2.56 bits per heavy atom. The Morgan fingerprint density at radius 1 is 1.16 bits per heavy atom. The number of nitrogens with one attached hydrogen (secondary N) is 1. The van der Waals surface area contributed by atoms with Crippen molar-refractivity contribution in [3.05, 3.63) is 65.0 Å². The number of hydrogen-bond donors (Lipinski definition) is 3. The van der Waals surface area contributed by atoms with Crippen molar-refractivity contribution in [2.24, 2.45) is 5.92 Å². The molecule has 1 heterocycles. The molecule has 3 nitrogen and oxygen atoms in total. The van der Waals surface area contributed by atoms with Gasteiger partial charge in [0.25, 0.3) is 0 Å². The molecule has 3 rings (SSSR count). The lowest BCUT2D eigenvalue weighted by Crippen LogP contribution is -2.32. The van der Waals surface area contributed by atoms with Gasteiger partial charge in [-0.3, -0.25) is 0 Å². The van der Waals surface area contributed by atoms with E-state index in [9.17, 15) is 9.50 Å². The lowest BCUT2D eigenvalue weighted by Gasteiger charge is -2.40. The molecule has 0 bridgehead atoms. The van der Waals surface area contributed by atoms with Gasteiger partial charge >= 0.3 is 0 Å². The second-order valence-electron chi connectivity index (χ2n) is 7.06. The second-order valence-corrected chi connectivity index (χ2v) is 7.06.